The number of carbonyl (C=O) groups is 2. The smallest absolute Gasteiger partial charge is 0.232 e. The molecule has 0 aliphatic carbocycles. The number of nitrogens with zero attached hydrogens (tertiary/aromatic N) is 1. The maximum atomic E-state index is 12.5. The minimum atomic E-state index is -3.33. The van der Waals surface area contributed by atoms with Gasteiger partial charge in [0.15, 0.2) is 0 Å². The number of piperidine rings is 1. The number of benzene rings is 1. The van der Waals surface area contributed by atoms with Gasteiger partial charge in [-0.3, -0.25) is 14.3 Å². The fraction of sp³-hybridized carbons (Fsp3) is 0.579. The molecule has 8 heteroatoms. The molecule has 0 atom stereocenters. The number of likely N-dealkylation sites (tertiary alicyclic amines) is 1. The lowest BCUT2D eigenvalue weighted by Crippen LogP contribution is -2.41. The van der Waals surface area contributed by atoms with Crippen molar-refractivity contribution in [3.8, 4) is 0 Å². The predicted octanol–water partition coefficient (Wildman–Crippen LogP) is 2.73. The van der Waals surface area contributed by atoms with Crippen molar-refractivity contribution in [3.63, 3.8) is 0 Å². The van der Waals surface area contributed by atoms with Gasteiger partial charge < -0.3 is 10.2 Å². The van der Waals surface area contributed by atoms with Crippen molar-refractivity contribution in [2.24, 2.45) is 5.92 Å². The lowest BCUT2D eigenvalue weighted by Gasteiger charge is -2.31. The van der Waals surface area contributed by atoms with Crippen molar-refractivity contribution in [2.75, 3.05) is 28.9 Å². The van der Waals surface area contributed by atoms with Gasteiger partial charge in [-0.05, 0) is 56.9 Å². The number of carbonyl (C=O) groups excluding carboxylic acids is 2. The molecule has 0 bridgehead atoms. The molecule has 1 heterocycles. The first-order chi connectivity index (χ1) is 12.8. The van der Waals surface area contributed by atoms with E-state index in [9.17, 15) is 18.0 Å². The van der Waals surface area contributed by atoms with Gasteiger partial charge >= 0.3 is 0 Å². The Morgan fingerprint density at radius 3 is 2.41 bits per heavy atom. The average molecular weight is 396 g/mol. The Kier molecular flexibility index (Phi) is 7.24. The van der Waals surface area contributed by atoms with Gasteiger partial charge in [-0.2, -0.15) is 0 Å². The first kappa shape index (κ1) is 21.2. The summed E-state index contributed by atoms with van der Waals surface area (Å²) < 4.78 is 25.9. The standard InChI is InChI=1S/C19H29N3O4S/c1-4-6-18(23)22-11-9-15(10-12-22)19(24)20-16-7-8-17(14(3)13-16)21-27(25,26)5-2/h7-8,13,15,21H,4-6,9-12H2,1-3H3,(H,20,24). The number of sulfonamides is 1. The molecule has 0 unspecified atom stereocenters. The second-order valence-electron chi connectivity index (χ2n) is 6.93. The van der Waals surface area contributed by atoms with Crippen molar-refractivity contribution in [3.05, 3.63) is 23.8 Å². The van der Waals surface area contributed by atoms with Crippen molar-refractivity contribution in [1.29, 1.82) is 0 Å². The summed E-state index contributed by atoms with van der Waals surface area (Å²) >= 11 is 0. The highest BCUT2D eigenvalue weighted by molar-refractivity contribution is 7.92. The van der Waals surface area contributed by atoms with Crippen LogP contribution in [-0.4, -0.2) is 44.0 Å². The van der Waals surface area contributed by atoms with Gasteiger partial charge in [-0.25, -0.2) is 8.42 Å². The summed E-state index contributed by atoms with van der Waals surface area (Å²) in [5.74, 6) is -0.00469. The van der Waals surface area contributed by atoms with Crippen LogP contribution in [0.4, 0.5) is 11.4 Å². The molecule has 150 valence electrons. The number of nitrogens with one attached hydrogen (secondary N) is 2. The summed E-state index contributed by atoms with van der Waals surface area (Å²) in [7, 11) is -3.33. The number of rotatable bonds is 7. The molecule has 0 aromatic heterocycles. The van der Waals surface area contributed by atoms with Crippen LogP contribution in [0.3, 0.4) is 0 Å². The fourth-order valence-corrected chi connectivity index (χ4v) is 3.81. The van der Waals surface area contributed by atoms with E-state index >= 15 is 0 Å². The van der Waals surface area contributed by atoms with Crippen LogP contribution in [0.5, 0.6) is 0 Å². The lowest BCUT2D eigenvalue weighted by molar-refractivity contribution is -0.134. The molecule has 27 heavy (non-hydrogen) atoms. The summed E-state index contributed by atoms with van der Waals surface area (Å²) in [5.41, 5.74) is 1.89. The van der Waals surface area contributed by atoms with Crippen LogP contribution in [0, 0.1) is 12.8 Å². The molecule has 0 spiro atoms. The van der Waals surface area contributed by atoms with E-state index in [0.29, 0.717) is 43.7 Å². The summed E-state index contributed by atoms with van der Waals surface area (Å²) in [4.78, 5) is 26.3. The SMILES string of the molecule is CCCC(=O)N1CCC(C(=O)Nc2ccc(NS(=O)(=O)CC)c(C)c2)CC1. The Hall–Kier alpha value is -2.09. The summed E-state index contributed by atoms with van der Waals surface area (Å²) in [6, 6.07) is 5.10. The van der Waals surface area contributed by atoms with Gasteiger partial charge in [0.25, 0.3) is 0 Å². The Morgan fingerprint density at radius 2 is 1.85 bits per heavy atom. The number of anilines is 2. The zero-order chi connectivity index (χ0) is 20.0. The Labute approximate surface area is 161 Å². The summed E-state index contributed by atoms with van der Waals surface area (Å²) in [6.45, 7) is 6.59. The molecule has 2 amide bonds. The molecule has 1 aliphatic rings. The normalized spacial score (nSPS) is 15.4. The quantitative estimate of drug-likeness (QED) is 0.742. The van der Waals surface area contributed by atoms with Gasteiger partial charge in [0.2, 0.25) is 21.8 Å². The molecule has 1 aromatic carbocycles. The second-order valence-corrected chi connectivity index (χ2v) is 8.94. The van der Waals surface area contributed by atoms with Gasteiger partial charge in [-0.1, -0.05) is 6.92 Å². The molecule has 0 saturated carbocycles. The third-order valence-corrected chi connectivity index (χ3v) is 6.11. The largest absolute Gasteiger partial charge is 0.343 e. The molecule has 1 fully saturated rings. The van der Waals surface area contributed by atoms with Gasteiger partial charge in [-0.15, -0.1) is 0 Å². The Morgan fingerprint density at radius 1 is 1.19 bits per heavy atom. The molecular formula is C19H29N3O4S. The van der Waals surface area contributed by atoms with Gasteiger partial charge in [0.1, 0.15) is 0 Å². The zero-order valence-electron chi connectivity index (χ0n) is 16.2. The van der Waals surface area contributed by atoms with E-state index in [0.717, 1.165) is 12.0 Å². The fourth-order valence-electron chi connectivity index (χ4n) is 3.10. The minimum Gasteiger partial charge on any atom is -0.343 e. The maximum Gasteiger partial charge on any atom is 0.232 e. The third-order valence-electron chi connectivity index (χ3n) is 4.82. The van der Waals surface area contributed by atoms with Crippen LogP contribution < -0.4 is 10.0 Å². The molecule has 0 radical (unpaired) electrons. The van der Waals surface area contributed by atoms with Crippen LogP contribution in [0.1, 0.15) is 45.1 Å². The minimum absolute atomic E-state index is 0.00435. The van der Waals surface area contributed by atoms with Crippen molar-refractivity contribution in [1.82, 2.24) is 4.90 Å². The topological polar surface area (TPSA) is 95.6 Å². The monoisotopic (exact) mass is 395 g/mol. The van der Waals surface area contributed by atoms with E-state index in [1.165, 1.54) is 0 Å². The molecule has 1 aliphatic heterocycles. The molecule has 2 N–H and O–H groups in total. The third kappa shape index (κ3) is 5.95. The number of aryl methyl sites for hydroxylation is 1. The van der Waals surface area contributed by atoms with Crippen molar-refractivity contribution in [2.45, 2.75) is 46.5 Å². The van der Waals surface area contributed by atoms with Crippen LogP contribution in [0.15, 0.2) is 18.2 Å². The van der Waals surface area contributed by atoms with Crippen LogP contribution in [0.2, 0.25) is 0 Å². The van der Waals surface area contributed by atoms with Crippen LogP contribution in [0.25, 0.3) is 0 Å². The summed E-state index contributed by atoms with van der Waals surface area (Å²) in [5, 5.41) is 2.91. The van der Waals surface area contributed by atoms with Gasteiger partial charge in [0, 0.05) is 31.1 Å². The molecule has 7 nitrogen and oxygen atoms in total. The van der Waals surface area contributed by atoms with E-state index in [2.05, 4.69) is 10.0 Å². The predicted molar refractivity (Wildman–Crippen MR) is 107 cm³/mol. The van der Waals surface area contributed by atoms with Crippen LogP contribution >= 0.6 is 0 Å². The van der Waals surface area contributed by atoms with E-state index < -0.39 is 10.0 Å². The number of hydrogen-bond acceptors (Lipinski definition) is 4. The second kappa shape index (κ2) is 9.21. The molecule has 2 rings (SSSR count). The highest BCUT2D eigenvalue weighted by Gasteiger charge is 2.27. The Balaban J connectivity index is 1.93. The molecule has 1 saturated heterocycles. The van der Waals surface area contributed by atoms with E-state index in [1.54, 1.807) is 32.0 Å². The highest BCUT2D eigenvalue weighted by Crippen LogP contribution is 2.24. The lowest BCUT2D eigenvalue weighted by atomic mass is 9.95. The van der Waals surface area contributed by atoms with Crippen molar-refractivity contribution >= 4 is 33.2 Å². The van der Waals surface area contributed by atoms with E-state index in [-0.39, 0.29) is 23.5 Å². The average Bonchev–Trinajstić information content (AvgIpc) is 2.64. The zero-order valence-corrected chi connectivity index (χ0v) is 17.1. The van der Waals surface area contributed by atoms with Crippen LogP contribution in [-0.2, 0) is 19.6 Å². The first-order valence-electron chi connectivity index (χ1n) is 9.45. The number of amides is 2. The number of hydrogen-bond donors (Lipinski definition) is 2. The first-order valence-corrected chi connectivity index (χ1v) is 11.1. The summed E-state index contributed by atoms with van der Waals surface area (Å²) in [6.07, 6.45) is 2.72. The van der Waals surface area contributed by atoms with E-state index in [4.69, 9.17) is 0 Å². The van der Waals surface area contributed by atoms with Gasteiger partial charge in [0.05, 0.1) is 11.4 Å². The molecule has 1 aromatic rings. The van der Waals surface area contributed by atoms with E-state index in [1.807, 2.05) is 11.8 Å². The van der Waals surface area contributed by atoms with Crippen molar-refractivity contribution < 1.29 is 18.0 Å². The highest BCUT2D eigenvalue weighted by atomic mass is 32.2. The molecular weight excluding hydrogens is 366 g/mol. The Bertz CT molecular complexity index is 784. The maximum absolute atomic E-state index is 12.5.